The van der Waals surface area contributed by atoms with E-state index < -0.39 is 0 Å². The van der Waals surface area contributed by atoms with Gasteiger partial charge in [0, 0.05) is 0 Å². The summed E-state index contributed by atoms with van der Waals surface area (Å²) < 4.78 is 20.4. The van der Waals surface area contributed by atoms with Gasteiger partial charge in [0.1, 0.15) is 24.3 Å². The van der Waals surface area contributed by atoms with Gasteiger partial charge in [0.15, 0.2) is 0 Å². The lowest BCUT2D eigenvalue weighted by atomic mass is 10.2. The number of halogens is 3. The average Bonchev–Trinajstić information content (AvgIpc) is 3.07. The molecule has 0 unspecified atom stereocenters. The van der Waals surface area contributed by atoms with Crippen LogP contribution >= 0.6 is 23.2 Å². The molecule has 24 heavy (non-hydrogen) atoms. The minimum atomic E-state index is -0.302. The molecule has 0 N–H and O–H groups in total. The molecule has 0 aliphatic carbocycles. The monoisotopic (exact) mass is 362 g/mol. The van der Waals surface area contributed by atoms with E-state index in [1.807, 2.05) is 0 Å². The molecule has 0 saturated heterocycles. The van der Waals surface area contributed by atoms with E-state index in [4.69, 9.17) is 27.9 Å². The fourth-order valence-electron chi connectivity index (χ4n) is 2.39. The molecule has 0 aliphatic rings. The first-order valence-corrected chi connectivity index (χ1v) is 7.74. The lowest BCUT2D eigenvalue weighted by Crippen LogP contribution is -2.02. The van der Waals surface area contributed by atoms with Crippen LogP contribution in [0.5, 0.6) is 5.88 Å². The van der Waals surface area contributed by atoms with Crippen LogP contribution in [0.4, 0.5) is 4.39 Å². The van der Waals surface area contributed by atoms with Gasteiger partial charge in [0.25, 0.3) is 5.88 Å². The Labute approximate surface area is 145 Å². The zero-order valence-electron chi connectivity index (χ0n) is 12.1. The lowest BCUT2D eigenvalue weighted by Gasteiger charge is -2.10. The molecule has 4 aromatic rings. The minimum absolute atomic E-state index is 0.208. The summed E-state index contributed by atoms with van der Waals surface area (Å²) in [4.78, 5) is 4.43. The molecule has 2 aromatic carbocycles. The van der Waals surface area contributed by atoms with Crippen molar-refractivity contribution in [2.75, 3.05) is 0 Å². The van der Waals surface area contributed by atoms with Crippen molar-refractivity contribution in [3.05, 3.63) is 64.2 Å². The summed E-state index contributed by atoms with van der Waals surface area (Å²) in [5.41, 5.74) is 2.32. The fourth-order valence-corrected chi connectivity index (χ4v) is 2.83. The van der Waals surface area contributed by atoms with Crippen LogP contribution in [-0.4, -0.2) is 19.6 Å². The molecular formula is C16H9Cl2FN4O. The highest BCUT2D eigenvalue weighted by molar-refractivity contribution is 6.39. The van der Waals surface area contributed by atoms with E-state index in [9.17, 15) is 4.39 Å². The summed E-state index contributed by atoms with van der Waals surface area (Å²) in [7, 11) is 0. The highest BCUT2D eigenvalue weighted by Crippen LogP contribution is 2.31. The largest absolute Gasteiger partial charge is 0.470 e. The molecule has 2 heterocycles. The Balaban J connectivity index is 1.81. The first-order valence-electron chi connectivity index (χ1n) is 6.98. The van der Waals surface area contributed by atoms with Gasteiger partial charge in [-0.3, -0.25) is 4.40 Å². The van der Waals surface area contributed by atoms with Crippen LogP contribution in [0.25, 0.3) is 16.7 Å². The Morgan fingerprint density at radius 2 is 1.79 bits per heavy atom. The summed E-state index contributed by atoms with van der Waals surface area (Å²) in [6, 6.07) is 9.37. The van der Waals surface area contributed by atoms with Gasteiger partial charge < -0.3 is 4.74 Å². The SMILES string of the molecule is Fc1ccc(COc2nc3c(Cl)ccc(Cl)c3n3cnnc23)cc1. The van der Waals surface area contributed by atoms with Crippen LogP contribution in [0, 0.1) is 5.82 Å². The maximum Gasteiger partial charge on any atom is 0.261 e. The maximum absolute atomic E-state index is 13.0. The molecule has 4 rings (SSSR count). The van der Waals surface area contributed by atoms with Crippen molar-refractivity contribution in [1.82, 2.24) is 19.6 Å². The highest BCUT2D eigenvalue weighted by Gasteiger charge is 2.16. The van der Waals surface area contributed by atoms with E-state index >= 15 is 0 Å². The van der Waals surface area contributed by atoms with Crippen LogP contribution in [0.2, 0.25) is 10.0 Å². The Morgan fingerprint density at radius 1 is 1.04 bits per heavy atom. The Kier molecular flexibility index (Phi) is 3.70. The van der Waals surface area contributed by atoms with E-state index in [0.717, 1.165) is 5.56 Å². The topological polar surface area (TPSA) is 52.3 Å². The van der Waals surface area contributed by atoms with Crippen molar-refractivity contribution >= 4 is 39.9 Å². The summed E-state index contributed by atoms with van der Waals surface area (Å²) in [6.45, 7) is 0.208. The highest BCUT2D eigenvalue weighted by atomic mass is 35.5. The summed E-state index contributed by atoms with van der Waals surface area (Å²) in [5.74, 6) is -0.0302. The summed E-state index contributed by atoms with van der Waals surface area (Å²) >= 11 is 12.5. The van der Waals surface area contributed by atoms with Gasteiger partial charge in [-0.1, -0.05) is 35.3 Å². The van der Waals surface area contributed by atoms with E-state index in [1.165, 1.54) is 18.5 Å². The van der Waals surface area contributed by atoms with E-state index in [2.05, 4.69) is 15.2 Å². The predicted molar refractivity (Wildman–Crippen MR) is 89.0 cm³/mol. The predicted octanol–water partition coefficient (Wildman–Crippen LogP) is 4.30. The van der Waals surface area contributed by atoms with Crippen LogP contribution in [-0.2, 0) is 6.61 Å². The molecule has 120 valence electrons. The average molecular weight is 363 g/mol. The molecule has 0 fully saturated rings. The number of fused-ring (bicyclic) bond motifs is 3. The van der Waals surface area contributed by atoms with Gasteiger partial charge in [-0.05, 0) is 29.8 Å². The van der Waals surface area contributed by atoms with Gasteiger partial charge in [0.2, 0.25) is 5.65 Å². The van der Waals surface area contributed by atoms with Crippen molar-refractivity contribution in [1.29, 1.82) is 0 Å². The second kappa shape index (κ2) is 5.89. The fraction of sp³-hybridized carbons (Fsp3) is 0.0625. The first kappa shape index (κ1) is 15.1. The third kappa shape index (κ3) is 2.53. The number of hydrogen-bond donors (Lipinski definition) is 0. The van der Waals surface area contributed by atoms with Crippen LogP contribution in [0.3, 0.4) is 0 Å². The third-order valence-electron chi connectivity index (χ3n) is 3.53. The quantitative estimate of drug-likeness (QED) is 0.545. The van der Waals surface area contributed by atoms with Gasteiger partial charge in [-0.2, -0.15) is 0 Å². The van der Waals surface area contributed by atoms with E-state index in [-0.39, 0.29) is 18.3 Å². The Bertz CT molecular complexity index is 1050. The number of ether oxygens (including phenoxy) is 1. The molecule has 5 nitrogen and oxygen atoms in total. The van der Waals surface area contributed by atoms with Crippen molar-refractivity contribution in [2.45, 2.75) is 6.61 Å². The number of benzene rings is 2. The zero-order chi connectivity index (χ0) is 16.7. The molecule has 0 bridgehead atoms. The molecule has 0 atom stereocenters. The van der Waals surface area contributed by atoms with Crippen molar-refractivity contribution < 1.29 is 9.13 Å². The Hall–Kier alpha value is -2.44. The standard InChI is InChI=1S/C16H9Cl2FN4O/c17-11-5-6-12(18)14-13(11)21-16(15-22-20-8-23(14)15)24-7-9-1-3-10(19)4-2-9/h1-6,8H,7H2. The van der Waals surface area contributed by atoms with Gasteiger partial charge in [0.05, 0.1) is 15.6 Å². The molecular weight excluding hydrogens is 354 g/mol. The van der Waals surface area contributed by atoms with Crippen molar-refractivity contribution in [3.8, 4) is 5.88 Å². The number of aromatic nitrogens is 4. The van der Waals surface area contributed by atoms with Gasteiger partial charge in [-0.25, -0.2) is 9.37 Å². The third-order valence-corrected chi connectivity index (χ3v) is 4.14. The van der Waals surface area contributed by atoms with Crippen LogP contribution in [0.15, 0.2) is 42.7 Å². The first-order chi connectivity index (χ1) is 11.6. The smallest absolute Gasteiger partial charge is 0.261 e. The second-order valence-corrected chi connectivity index (χ2v) is 5.90. The van der Waals surface area contributed by atoms with Crippen molar-refractivity contribution in [2.24, 2.45) is 0 Å². The molecule has 2 aromatic heterocycles. The molecule has 0 spiro atoms. The minimum Gasteiger partial charge on any atom is -0.470 e. The molecule has 0 radical (unpaired) electrons. The van der Waals surface area contributed by atoms with Gasteiger partial charge in [-0.15, -0.1) is 10.2 Å². The molecule has 0 saturated carbocycles. The summed E-state index contributed by atoms with van der Waals surface area (Å²) in [5, 5.41) is 8.85. The van der Waals surface area contributed by atoms with Crippen LogP contribution in [0.1, 0.15) is 5.56 Å². The molecule has 0 aliphatic heterocycles. The summed E-state index contributed by atoms with van der Waals surface area (Å²) in [6.07, 6.45) is 1.52. The number of hydrogen-bond acceptors (Lipinski definition) is 4. The molecule has 0 amide bonds. The van der Waals surface area contributed by atoms with E-state index in [0.29, 0.717) is 26.7 Å². The molecule has 8 heteroatoms. The van der Waals surface area contributed by atoms with Crippen LogP contribution < -0.4 is 4.74 Å². The number of nitrogens with zero attached hydrogens (tertiary/aromatic N) is 4. The second-order valence-electron chi connectivity index (χ2n) is 5.08. The van der Waals surface area contributed by atoms with Crippen molar-refractivity contribution in [3.63, 3.8) is 0 Å². The lowest BCUT2D eigenvalue weighted by molar-refractivity contribution is 0.297. The maximum atomic E-state index is 13.0. The normalized spacial score (nSPS) is 11.3. The van der Waals surface area contributed by atoms with E-state index in [1.54, 1.807) is 28.7 Å². The zero-order valence-corrected chi connectivity index (χ0v) is 13.6. The Morgan fingerprint density at radius 3 is 2.58 bits per heavy atom. The van der Waals surface area contributed by atoms with Gasteiger partial charge >= 0.3 is 0 Å². The number of rotatable bonds is 3.